The van der Waals surface area contributed by atoms with Crippen LogP contribution in [-0.2, 0) is 0 Å². The summed E-state index contributed by atoms with van der Waals surface area (Å²) < 4.78 is 17.5. The van der Waals surface area contributed by atoms with E-state index in [-0.39, 0.29) is 11.4 Å². The molecule has 1 aromatic carbocycles. The van der Waals surface area contributed by atoms with Gasteiger partial charge in [-0.25, -0.2) is 4.39 Å². The second-order valence-corrected chi connectivity index (χ2v) is 2.12. The molecule has 4 N–H and O–H groups in total. The van der Waals surface area contributed by atoms with Crippen LogP contribution in [0.2, 0.25) is 0 Å². The first-order valence-corrected chi connectivity index (χ1v) is 3.03. The molecule has 1 aromatic rings. The first-order valence-electron chi connectivity index (χ1n) is 3.03. The highest BCUT2D eigenvalue weighted by Crippen LogP contribution is 2.26. The maximum absolute atomic E-state index is 12.7. The zero-order chi connectivity index (χ0) is 8.43. The van der Waals surface area contributed by atoms with Crippen LogP contribution < -0.4 is 16.2 Å². The molecule has 0 saturated heterocycles. The van der Waals surface area contributed by atoms with Gasteiger partial charge in [0.15, 0.2) is 5.82 Å². The number of hydrogen-bond donors (Lipinski definition) is 2. The molecule has 0 aliphatic carbocycles. The van der Waals surface area contributed by atoms with Gasteiger partial charge in [-0.05, 0) is 6.07 Å². The van der Waals surface area contributed by atoms with Gasteiger partial charge in [-0.3, -0.25) is 0 Å². The van der Waals surface area contributed by atoms with Crippen LogP contribution in [0.15, 0.2) is 12.1 Å². The third-order valence-electron chi connectivity index (χ3n) is 1.33. The Labute approximate surface area is 63.8 Å². The number of benzene rings is 1. The van der Waals surface area contributed by atoms with Gasteiger partial charge in [-0.2, -0.15) is 0 Å². The number of hydrogen-bond acceptors (Lipinski definition) is 3. The maximum atomic E-state index is 12.7. The molecule has 0 saturated carbocycles. The predicted molar refractivity (Wildman–Crippen MR) is 41.8 cm³/mol. The van der Waals surface area contributed by atoms with Gasteiger partial charge in [-0.15, -0.1) is 0 Å². The van der Waals surface area contributed by atoms with E-state index in [9.17, 15) is 4.39 Å². The Morgan fingerprint density at radius 2 is 2.00 bits per heavy atom. The summed E-state index contributed by atoms with van der Waals surface area (Å²) in [5, 5.41) is 0. The van der Waals surface area contributed by atoms with Crippen molar-refractivity contribution in [2.45, 2.75) is 0 Å². The average Bonchev–Trinajstić information content (AvgIpc) is 1.96. The fourth-order valence-electron chi connectivity index (χ4n) is 0.781. The van der Waals surface area contributed by atoms with Crippen LogP contribution in [-0.4, -0.2) is 7.11 Å². The number of methoxy groups -OCH3 is 1. The SMILES string of the molecule is COc1cc(N)cc(F)c1N. The van der Waals surface area contributed by atoms with E-state index in [0.717, 1.165) is 6.07 Å². The molecular weight excluding hydrogens is 147 g/mol. The zero-order valence-corrected chi connectivity index (χ0v) is 6.10. The molecule has 0 aliphatic heterocycles. The fourth-order valence-corrected chi connectivity index (χ4v) is 0.781. The highest BCUT2D eigenvalue weighted by molar-refractivity contribution is 5.60. The van der Waals surface area contributed by atoms with Crippen molar-refractivity contribution >= 4 is 11.4 Å². The van der Waals surface area contributed by atoms with Crippen molar-refractivity contribution < 1.29 is 9.13 Å². The summed E-state index contributed by atoms with van der Waals surface area (Å²) in [6.07, 6.45) is 0. The summed E-state index contributed by atoms with van der Waals surface area (Å²) >= 11 is 0. The second-order valence-electron chi connectivity index (χ2n) is 2.12. The number of ether oxygens (including phenoxy) is 1. The van der Waals surface area contributed by atoms with Crippen LogP contribution in [0.1, 0.15) is 0 Å². The van der Waals surface area contributed by atoms with Crippen molar-refractivity contribution in [3.8, 4) is 5.75 Å². The van der Waals surface area contributed by atoms with Gasteiger partial charge < -0.3 is 16.2 Å². The summed E-state index contributed by atoms with van der Waals surface area (Å²) in [5.74, 6) is -0.288. The van der Waals surface area contributed by atoms with E-state index in [4.69, 9.17) is 16.2 Å². The van der Waals surface area contributed by atoms with E-state index in [0.29, 0.717) is 5.69 Å². The van der Waals surface area contributed by atoms with Gasteiger partial charge in [0.1, 0.15) is 11.4 Å². The van der Waals surface area contributed by atoms with Gasteiger partial charge in [0.25, 0.3) is 0 Å². The van der Waals surface area contributed by atoms with E-state index < -0.39 is 5.82 Å². The van der Waals surface area contributed by atoms with Gasteiger partial charge in [0, 0.05) is 11.8 Å². The van der Waals surface area contributed by atoms with Gasteiger partial charge in [-0.1, -0.05) is 0 Å². The smallest absolute Gasteiger partial charge is 0.151 e. The summed E-state index contributed by atoms with van der Waals surface area (Å²) in [6.45, 7) is 0. The molecule has 0 atom stereocenters. The van der Waals surface area contributed by atoms with E-state index in [1.54, 1.807) is 0 Å². The molecule has 0 radical (unpaired) electrons. The molecule has 3 nitrogen and oxygen atoms in total. The summed E-state index contributed by atoms with van der Waals surface area (Å²) in [4.78, 5) is 0. The van der Waals surface area contributed by atoms with E-state index in [2.05, 4.69) is 0 Å². The molecular formula is C7H9FN2O. The van der Waals surface area contributed by atoms with Gasteiger partial charge in [0.2, 0.25) is 0 Å². The van der Waals surface area contributed by atoms with Crippen molar-refractivity contribution in [3.63, 3.8) is 0 Å². The lowest BCUT2D eigenvalue weighted by Crippen LogP contribution is -1.97. The molecule has 0 amide bonds. The second kappa shape index (κ2) is 2.65. The number of anilines is 2. The predicted octanol–water partition coefficient (Wildman–Crippen LogP) is 0.999. The molecule has 0 aromatic heterocycles. The van der Waals surface area contributed by atoms with Crippen molar-refractivity contribution in [1.82, 2.24) is 0 Å². The number of nitrogens with two attached hydrogens (primary N) is 2. The minimum atomic E-state index is -0.554. The molecule has 60 valence electrons. The monoisotopic (exact) mass is 156 g/mol. The fraction of sp³-hybridized carbons (Fsp3) is 0.143. The molecule has 0 fully saturated rings. The van der Waals surface area contributed by atoms with Gasteiger partial charge in [0.05, 0.1) is 7.11 Å². The molecule has 1 rings (SSSR count). The quantitative estimate of drug-likeness (QED) is 0.596. The zero-order valence-electron chi connectivity index (χ0n) is 6.10. The first kappa shape index (κ1) is 7.65. The normalized spacial score (nSPS) is 9.64. The van der Waals surface area contributed by atoms with Crippen LogP contribution in [0.3, 0.4) is 0 Å². The van der Waals surface area contributed by atoms with Crippen molar-refractivity contribution in [1.29, 1.82) is 0 Å². The Balaban J connectivity index is 3.24. The van der Waals surface area contributed by atoms with Crippen molar-refractivity contribution in [2.24, 2.45) is 0 Å². The van der Waals surface area contributed by atoms with Crippen LogP contribution in [0.5, 0.6) is 5.75 Å². The Kier molecular flexibility index (Phi) is 1.85. The lowest BCUT2D eigenvalue weighted by atomic mass is 10.2. The standard InChI is InChI=1S/C7H9FN2O/c1-11-6-3-4(9)2-5(8)7(6)10/h2-3H,9-10H2,1H3. The summed E-state index contributed by atoms with van der Waals surface area (Å²) in [7, 11) is 1.41. The lowest BCUT2D eigenvalue weighted by Gasteiger charge is -2.05. The van der Waals surface area contributed by atoms with Crippen molar-refractivity contribution in [2.75, 3.05) is 18.6 Å². The molecule has 0 heterocycles. The van der Waals surface area contributed by atoms with Crippen LogP contribution >= 0.6 is 0 Å². The number of rotatable bonds is 1. The summed E-state index contributed by atoms with van der Waals surface area (Å²) in [5.41, 5.74) is 10.9. The van der Waals surface area contributed by atoms with E-state index in [1.807, 2.05) is 0 Å². The molecule has 0 unspecified atom stereocenters. The third kappa shape index (κ3) is 1.34. The third-order valence-corrected chi connectivity index (χ3v) is 1.33. The first-order chi connectivity index (χ1) is 5.15. The minimum Gasteiger partial charge on any atom is -0.494 e. The molecule has 11 heavy (non-hydrogen) atoms. The Hall–Kier alpha value is -1.45. The number of halogens is 1. The highest BCUT2D eigenvalue weighted by atomic mass is 19.1. The Bertz CT molecular complexity index is 275. The van der Waals surface area contributed by atoms with Gasteiger partial charge >= 0.3 is 0 Å². The molecule has 0 spiro atoms. The largest absolute Gasteiger partial charge is 0.494 e. The highest BCUT2D eigenvalue weighted by Gasteiger charge is 2.05. The summed E-state index contributed by atoms with van der Waals surface area (Å²) in [6, 6.07) is 2.62. The molecule has 4 heteroatoms. The topological polar surface area (TPSA) is 61.3 Å². The molecule has 0 aliphatic rings. The van der Waals surface area contributed by atoms with E-state index in [1.165, 1.54) is 13.2 Å². The van der Waals surface area contributed by atoms with Crippen LogP contribution in [0.25, 0.3) is 0 Å². The molecule has 0 bridgehead atoms. The average molecular weight is 156 g/mol. The Morgan fingerprint density at radius 3 is 2.55 bits per heavy atom. The Morgan fingerprint density at radius 1 is 1.36 bits per heavy atom. The van der Waals surface area contributed by atoms with Crippen LogP contribution in [0.4, 0.5) is 15.8 Å². The van der Waals surface area contributed by atoms with E-state index >= 15 is 0 Å². The lowest BCUT2D eigenvalue weighted by molar-refractivity contribution is 0.414. The maximum Gasteiger partial charge on any atom is 0.151 e. The number of nitrogen functional groups attached to an aromatic ring is 2. The van der Waals surface area contributed by atoms with Crippen LogP contribution in [0, 0.1) is 5.82 Å². The minimum absolute atomic E-state index is 0.0123. The van der Waals surface area contributed by atoms with Crippen molar-refractivity contribution in [3.05, 3.63) is 17.9 Å².